The van der Waals surface area contributed by atoms with Gasteiger partial charge in [0.15, 0.2) is 0 Å². The molecule has 0 unspecified atom stereocenters. The van der Waals surface area contributed by atoms with Crippen LogP contribution in [0.4, 0.5) is 11.4 Å². The van der Waals surface area contributed by atoms with Gasteiger partial charge in [-0.15, -0.1) is 0 Å². The largest absolute Gasteiger partial charge is 0.316 e. The van der Waals surface area contributed by atoms with Gasteiger partial charge in [-0.25, -0.2) is 0 Å². The topological polar surface area (TPSA) is 72.2 Å². The summed E-state index contributed by atoms with van der Waals surface area (Å²) in [7, 11) is 0. The molecule has 2 aromatic rings. The minimum atomic E-state index is -0.537. The molecule has 0 radical (unpaired) electrons. The number of nitro benzene ring substituents is 1. The third-order valence-corrected chi connectivity index (χ3v) is 3.25. The molecule has 0 aliphatic heterocycles. The summed E-state index contributed by atoms with van der Waals surface area (Å²) < 4.78 is 0.284. The molecule has 21 heavy (non-hydrogen) atoms. The minimum absolute atomic E-state index is 0.147. The Labute approximate surface area is 129 Å². The number of carbonyl (C=O) groups excluding carboxylic acids is 1. The Hall–Kier alpha value is -2.47. The predicted octanol–water partition coefficient (Wildman–Crippen LogP) is 3.97. The maximum absolute atomic E-state index is 12.0. The van der Waals surface area contributed by atoms with Gasteiger partial charge in [0.05, 0.1) is 9.41 Å². The summed E-state index contributed by atoms with van der Waals surface area (Å²) in [5.41, 5.74) is 0.860. The number of anilines is 1. The normalized spacial score (nSPS) is 11.0. The van der Waals surface area contributed by atoms with Gasteiger partial charge in [-0.05, 0) is 33.6 Å². The summed E-state index contributed by atoms with van der Waals surface area (Å²) in [6.07, 6.45) is 1.64. The van der Waals surface area contributed by atoms with Crippen molar-refractivity contribution < 1.29 is 9.72 Å². The van der Waals surface area contributed by atoms with Gasteiger partial charge in [-0.3, -0.25) is 14.9 Å². The molecular formula is C15H11BrN2O3. The molecule has 2 aromatic carbocycles. The smallest absolute Gasteiger partial charge is 0.292 e. The number of para-hydroxylation sites is 2. The number of rotatable bonds is 4. The number of amides is 1. The maximum Gasteiger partial charge on any atom is 0.292 e. The van der Waals surface area contributed by atoms with Crippen molar-refractivity contribution in [2.75, 3.05) is 5.32 Å². The molecule has 0 bridgehead atoms. The lowest BCUT2D eigenvalue weighted by atomic mass is 10.2. The highest BCUT2D eigenvalue weighted by atomic mass is 79.9. The van der Waals surface area contributed by atoms with Crippen LogP contribution in [0.25, 0.3) is 6.08 Å². The average molecular weight is 347 g/mol. The molecule has 0 aliphatic carbocycles. The lowest BCUT2D eigenvalue weighted by Gasteiger charge is -2.05. The van der Waals surface area contributed by atoms with Crippen molar-refractivity contribution in [1.82, 2.24) is 0 Å². The quantitative estimate of drug-likeness (QED) is 0.517. The molecule has 0 saturated carbocycles. The summed E-state index contributed by atoms with van der Waals surface area (Å²) in [4.78, 5) is 22.4. The van der Waals surface area contributed by atoms with Crippen LogP contribution in [-0.2, 0) is 4.79 Å². The van der Waals surface area contributed by atoms with Gasteiger partial charge >= 0.3 is 0 Å². The molecule has 1 N–H and O–H groups in total. The van der Waals surface area contributed by atoms with Gasteiger partial charge in [0.25, 0.3) is 11.6 Å². The Morgan fingerprint density at radius 2 is 1.71 bits per heavy atom. The second-order valence-corrected chi connectivity index (χ2v) is 4.99. The third-order valence-electron chi connectivity index (χ3n) is 2.66. The van der Waals surface area contributed by atoms with Gasteiger partial charge < -0.3 is 5.32 Å². The summed E-state index contributed by atoms with van der Waals surface area (Å²) >= 11 is 3.18. The molecular weight excluding hydrogens is 336 g/mol. The molecule has 5 nitrogen and oxygen atoms in total. The molecule has 0 aliphatic rings. The molecule has 0 spiro atoms. The zero-order chi connectivity index (χ0) is 15.2. The van der Waals surface area contributed by atoms with E-state index in [0.717, 1.165) is 5.56 Å². The van der Waals surface area contributed by atoms with Crippen LogP contribution < -0.4 is 5.32 Å². The van der Waals surface area contributed by atoms with E-state index in [4.69, 9.17) is 0 Å². The number of nitro groups is 1. The number of nitrogens with zero attached hydrogens (tertiary/aromatic N) is 1. The molecule has 1 amide bonds. The van der Waals surface area contributed by atoms with E-state index in [1.807, 2.05) is 30.3 Å². The summed E-state index contributed by atoms with van der Waals surface area (Å²) in [6.45, 7) is 0. The van der Waals surface area contributed by atoms with Crippen LogP contribution in [0.5, 0.6) is 0 Å². The summed E-state index contributed by atoms with van der Waals surface area (Å²) in [6, 6.07) is 15.3. The fraction of sp³-hybridized carbons (Fsp3) is 0. The fourth-order valence-electron chi connectivity index (χ4n) is 1.68. The van der Waals surface area contributed by atoms with E-state index in [1.165, 1.54) is 12.1 Å². The number of halogens is 1. The predicted molar refractivity (Wildman–Crippen MR) is 85.1 cm³/mol. The van der Waals surface area contributed by atoms with Crippen LogP contribution >= 0.6 is 15.9 Å². The maximum atomic E-state index is 12.0. The van der Waals surface area contributed by atoms with E-state index >= 15 is 0 Å². The summed E-state index contributed by atoms with van der Waals surface area (Å²) in [5, 5.41) is 13.4. The third kappa shape index (κ3) is 4.00. The van der Waals surface area contributed by atoms with Gasteiger partial charge in [-0.2, -0.15) is 0 Å². The fourth-order valence-corrected chi connectivity index (χ4v) is 2.05. The number of benzene rings is 2. The molecule has 0 saturated heterocycles. The van der Waals surface area contributed by atoms with E-state index in [1.54, 1.807) is 18.2 Å². The van der Waals surface area contributed by atoms with Gasteiger partial charge in [0.2, 0.25) is 0 Å². The molecule has 106 valence electrons. The molecule has 0 aromatic heterocycles. The molecule has 6 heteroatoms. The Morgan fingerprint density at radius 3 is 2.38 bits per heavy atom. The Balaban J connectivity index is 2.19. The van der Waals surface area contributed by atoms with Gasteiger partial charge in [0, 0.05) is 6.07 Å². The zero-order valence-corrected chi connectivity index (χ0v) is 12.4. The van der Waals surface area contributed by atoms with Crippen molar-refractivity contribution in [3.63, 3.8) is 0 Å². The van der Waals surface area contributed by atoms with Crippen molar-refractivity contribution >= 4 is 39.3 Å². The average Bonchev–Trinajstić information content (AvgIpc) is 2.48. The van der Waals surface area contributed by atoms with Crippen LogP contribution in [-0.4, -0.2) is 10.8 Å². The highest BCUT2D eigenvalue weighted by Gasteiger charge is 2.15. The van der Waals surface area contributed by atoms with Crippen molar-refractivity contribution in [2.24, 2.45) is 0 Å². The SMILES string of the molecule is O=C(Nc1ccccc1[N+](=O)[O-])/C(Br)=C/c1ccccc1. The first-order valence-electron chi connectivity index (χ1n) is 6.05. The van der Waals surface area contributed by atoms with Crippen molar-refractivity contribution in [3.8, 4) is 0 Å². The van der Waals surface area contributed by atoms with Crippen LogP contribution in [0.1, 0.15) is 5.56 Å². The van der Waals surface area contributed by atoms with E-state index < -0.39 is 10.8 Å². The van der Waals surface area contributed by atoms with Gasteiger partial charge in [-0.1, -0.05) is 42.5 Å². The van der Waals surface area contributed by atoms with E-state index in [9.17, 15) is 14.9 Å². The van der Waals surface area contributed by atoms with E-state index in [-0.39, 0.29) is 15.9 Å². The first-order valence-corrected chi connectivity index (χ1v) is 6.84. The second kappa shape index (κ2) is 6.81. The number of hydrogen-bond acceptors (Lipinski definition) is 3. The monoisotopic (exact) mass is 346 g/mol. The lowest BCUT2D eigenvalue weighted by Crippen LogP contribution is -2.12. The minimum Gasteiger partial charge on any atom is -0.316 e. The first-order chi connectivity index (χ1) is 10.1. The first kappa shape index (κ1) is 14.9. The molecule has 0 atom stereocenters. The number of nitrogens with one attached hydrogen (secondary N) is 1. The number of carbonyl (C=O) groups is 1. The van der Waals surface area contributed by atoms with Crippen LogP contribution in [0, 0.1) is 10.1 Å². The van der Waals surface area contributed by atoms with Gasteiger partial charge in [0.1, 0.15) is 5.69 Å². The second-order valence-electron chi connectivity index (χ2n) is 4.13. The van der Waals surface area contributed by atoms with E-state index in [0.29, 0.717) is 0 Å². The molecule has 0 heterocycles. The highest BCUT2D eigenvalue weighted by molar-refractivity contribution is 9.12. The lowest BCUT2D eigenvalue weighted by molar-refractivity contribution is -0.383. The van der Waals surface area contributed by atoms with E-state index in [2.05, 4.69) is 21.2 Å². The standard InChI is InChI=1S/C15H11BrN2O3/c16-12(10-11-6-2-1-3-7-11)15(19)17-13-8-4-5-9-14(13)18(20)21/h1-10H,(H,17,19)/b12-10-. The molecule has 2 rings (SSSR count). The zero-order valence-electron chi connectivity index (χ0n) is 10.8. The Kier molecular flexibility index (Phi) is 4.84. The summed E-state index contributed by atoms with van der Waals surface area (Å²) in [5.74, 6) is -0.451. The van der Waals surface area contributed by atoms with Crippen molar-refractivity contribution in [1.29, 1.82) is 0 Å². The Morgan fingerprint density at radius 1 is 1.10 bits per heavy atom. The van der Waals surface area contributed by atoms with Crippen LogP contribution in [0.3, 0.4) is 0 Å². The molecule has 0 fully saturated rings. The van der Waals surface area contributed by atoms with Crippen LogP contribution in [0.15, 0.2) is 59.1 Å². The Bertz CT molecular complexity index is 699. The van der Waals surface area contributed by atoms with Crippen molar-refractivity contribution in [3.05, 3.63) is 74.8 Å². The number of hydrogen-bond donors (Lipinski definition) is 1. The van der Waals surface area contributed by atoms with Crippen molar-refractivity contribution in [2.45, 2.75) is 0 Å². The highest BCUT2D eigenvalue weighted by Crippen LogP contribution is 2.24. The van der Waals surface area contributed by atoms with Crippen LogP contribution in [0.2, 0.25) is 0 Å².